The topological polar surface area (TPSA) is 41.1 Å². The van der Waals surface area contributed by atoms with Crippen molar-refractivity contribution in [2.45, 2.75) is 38.9 Å². The van der Waals surface area contributed by atoms with E-state index in [2.05, 4.69) is 5.32 Å². The Hall–Kier alpha value is -1.72. The van der Waals surface area contributed by atoms with E-state index in [1.807, 2.05) is 37.4 Å². The summed E-state index contributed by atoms with van der Waals surface area (Å²) in [5.41, 5.74) is 1.81. The fourth-order valence-electron chi connectivity index (χ4n) is 1.64. The molecular formula is C14H19F3N2O. The van der Waals surface area contributed by atoms with Gasteiger partial charge in [0.15, 0.2) is 0 Å². The number of rotatable bonds is 5. The number of anilines is 1. The van der Waals surface area contributed by atoms with Crippen molar-refractivity contribution in [3.63, 3.8) is 0 Å². The van der Waals surface area contributed by atoms with E-state index in [-0.39, 0.29) is 0 Å². The highest BCUT2D eigenvalue weighted by atomic mass is 19.4. The van der Waals surface area contributed by atoms with Crippen LogP contribution in [0, 0.1) is 0 Å². The van der Waals surface area contributed by atoms with Crippen LogP contribution in [0.2, 0.25) is 0 Å². The second-order valence-corrected chi connectivity index (χ2v) is 4.98. The number of benzene rings is 1. The summed E-state index contributed by atoms with van der Waals surface area (Å²) in [5.74, 6) is -0.344. The maximum absolute atomic E-state index is 12.0. The highest BCUT2D eigenvalue weighted by Crippen LogP contribution is 2.19. The number of amides is 1. The van der Waals surface area contributed by atoms with Crippen molar-refractivity contribution in [1.82, 2.24) is 5.32 Å². The van der Waals surface area contributed by atoms with Gasteiger partial charge in [-0.3, -0.25) is 4.79 Å². The molecule has 0 spiro atoms. The first-order valence-corrected chi connectivity index (χ1v) is 6.40. The summed E-state index contributed by atoms with van der Waals surface area (Å²) in [6.45, 7) is 4.29. The zero-order valence-electron chi connectivity index (χ0n) is 11.7. The normalized spacial score (nSPS) is 13.2. The van der Waals surface area contributed by atoms with Gasteiger partial charge in [-0.2, -0.15) is 13.2 Å². The number of carbonyl (C=O) groups excluding carboxylic acids is 1. The van der Waals surface area contributed by atoms with Crippen molar-refractivity contribution >= 4 is 11.6 Å². The molecule has 1 atom stereocenters. The van der Waals surface area contributed by atoms with Gasteiger partial charge < -0.3 is 10.6 Å². The van der Waals surface area contributed by atoms with E-state index in [1.54, 1.807) is 6.07 Å². The second kappa shape index (κ2) is 6.63. The third-order valence-electron chi connectivity index (χ3n) is 2.79. The van der Waals surface area contributed by atoms with Gasteiger partial charge in [0.25, 0.3) is 0 Å². The summed E-state index contributed by atoms with van der Waals surface area (Å²) in [5, 5.41) is 4.75. The molecule has 3 nitrogen and oxygen atoms in total. The third kappa shape index (κ3) is 5.50. The molecule has 1 aromatic carbocycles. The fraction of sp³-hybridized carbons (Fsp3) is 0.500. The van der Waals surface area contributed by atoms with E-state index in [0.717, 1.165) is 5.56 Å². The van der Waals surface area contributed by atoms with Crippen molar-refractivity contribution in [3.05, 3.63) is 29.8 Å². The number of nitrogens with one attached hydrogen (secondary N) is 2. The second-order valence-electron chi connectivity index (χ2n) is 4.98. The van der Waals surface area contributed by atoms with Crippen LogP contribution in [0.1, 0.15) is 32.3 Å². The minimum Gasteiger partial charge on any atom is -0.374 e. The molecule has 1 amide bonds. The smallest absolute Gasteiger partial charge is 0.374 e. The summed E-state index contributed by atoms with van der Waals surface area (Å²) >= 11 is 0. The quantitative estimate of drug-likeness (QED) is 0.873. The van der Waals surface area contributed by atoms with Crippen LogP contribution in [0.15, 0.2) is 24.3 Å². The van der Waals surface area contributed by atoms with Crippen molar-refractivity contribution in [3.8, 4) is 0 Å². The van der Waals surface area contributed by atoms with Gasteiger partial charge >= 0.3 is 6.18 Å². The van der Waals surface area contributed by atoms with Gasteiger partial charge in [0, 0.05) is 5.69 Å². The minimum atomic E-state index is -4.40. The lowest BCUT2D eigenvalue weighted by Gasteiger charge is -2.17. The van der Waals surface area contributed by atoms with E-state index in [0.29, 0.717) is 11.6 Å². The van der Waals surface area contributed by atoms with E-state index in [4.69, 9.17) is 0 Å². The predicted octanol–water partition coefficient (Wildman–Crippen LogP) is 3.29. The number of hydrogen-bond acceptors (Lipinski definition) is 2. The Morgan fingerprint density at radius 3 is 2.45 bits per heavy atom. The van der Waals surface area contributed by atoms with Crippen molar-refractivity contribution < 1.29 is 18.0 Å². The van der Waals surface area contributed by atoms with Crippen LogP contribution in [0.5, 0.6) is 0 Å². The molecule has 0 bridgehead atoms. The highest BCUT2D eigenvalue weighted by molar-refractivity contribution is 5.84. The van der Waals surface area contributed by atoms with E-state index in [1.165, 1.54) is 6.92 Å². The third-order valence-corrected chi connectivity index (χ3v) is 2.79. The summed E-state index contributed by atoms with van der Waals surface area (Å²) in [6, 6.07) is 6.74. The summed E-state index contributed by atoms with van der Waals surface area (Å²) < 4.78 is 36.0. The fourth-order valence-corrected chi connectivity index (χ4v) is 1.64. The molecule has 0 aliphatic rings. The van der Waals surface area contributed by atoms with Gasteiger partial charge in [-0.05, 0) is 30.5 Å². The predicted molar refractivity (Wildman–Crippen MR) is 72.7 cm³/mol. The first kappa shape index (κ1) is 16.3. The van der Waals surface area contributed by atoms with Gasteiger partial charge in [-0.25, -0.2) is 0 Å². The molecule has 20 heavy (non-hydrogen) atoms. The lowest BCUT2D eigenvalue weighted by atomic mass is 10.0. The molecule has 0 fully saturated rings. The zero-order chi connectivity index (χ0) is 15.3. The van der Waals surface area contributed by atoms with Crippen LogP contribution in [0.3, 0.4) is 0 Å². The monoisotopic (exact) mass is 288 g/mol. The first-order valence-electron chi connectivity index (χ1n) is 6.40. The average Bonchev–Trinajstić information content (AvgIpc) is 2.35. The molecule has 2 N–H and O–H groups in total. The Kier molecular flexibility index (Phi) is 5.42. The number of carbonyl (C=O) groups is 1. The van der Waals surface area contributed by atoms with Gasteiger partial charge in [0.1, 0.15) is 12.6 Å². The Morgan fingerprint density at radius 1 is 1.25 bits per heavy atom. The molecule has 1 rings (SSSR count). The van der Waals surface area contributed by atoms with Crippen LogP contribution < -0.4 is 10.6 Å². The van der Waals surface area contributed by atoms with Crippen molar-refractivity contribution in [2.75, 3.05) is 11.9 Å². The maximum atomic E-state index is 12.0. The Balaban J connectivity index is 2.59. The number of hydrogen-bond donors (Lipinski definition) is 2. The highest BCUT2D eigenvalue weighted by Gasteiger charge is 2.28. The maximum Gasteiger partial charge on any atom is 0.405 e. The molecule has 0 heterocycles. The summed E-state index contributed by atoms with van der Waals surface area (Å²) in [7, 11) is 0. The lowest BCUT2D eigenvalue weighted by Crippen LogP contribution is -2.42. The molecule has 0 aliphatic carbocycles. The molecule has 0 saturated heterocycles. The van der Waals surface area contributed by atoms with Crippen LogP contribution in [-0.4, -0.2) is 24.7 Å². The zero-order valence-corrected chi connectivity index (χ0v) is 11.7. The van der Waals surface area contributed by atoms with E-state index < -0.39 is 24.7 Å². The van der Waals surface area contributed by atoms with Crippen LogP contribution >= 0.6 is 0 Å². The average molecular weight is 288 g/mol. The van der Waals surface area contributed by atoms with Crippen molar-refractivity contribution in [2.24, 2.45) is 0 Å². The van der Waals surface area contributed by atoms with Crippen molar-refractivity contribution in [1.29, 1.82) is 0 Å². The molecule has 0 aliphatic heterocycles. The van der Waals surface area contributed by atoms with E-state index >= 15 is 0 Å². The molecule has 0 saturated carbocycles. The van der Waals surface area contributed by atoms with Gasteiger partial charge in [0.2, 0.25) is 5.91 Å². The standard InChI is InChI=1S/C14H19F3N2O/c1-9(2)11-5-4-6-12(7-11)19-10(3)13(20)18-8-14(15,16)17/h4-7,9-10,19H,8H2,1-3H3,(H,18,20). The van der Waals surface area contributed by atoms with Gasteiger partial charge in [-0.1, -0.05) is 26.0 Å². The van der Waals surface area contributed by atoms with Crippen LogP contribution in [0.25, 0.3) is 0 Å². The van der Waals surface area contributed by atoms with E-state index in [9.17, 15) is 18.0 Å². The first-order chi connectivity index (χ1) is 9.19. The molecule has 0 aromatic heterocycles. The number of halogens is 3. The van der Waals surface area contributed by atoms with Gasteiger partial charge in [-0.15, -0.1) is 0 Å². The SMILES string of the molecule is CC(Nc1cccc(C(C)C)c1)C(=O)NCC(F)(F)F. The molecule has 1 unspecified atom stereocenters. The van der Waals surface area contributed by atoms with Crippen LogP contribution in [-0.2, 0) is 4.79 Å². The molecule has 1 aromatic rings. The largest absolute Gasteiger partial charge is 0.405 e. The molecule has 112 valence electrons. The Morgan fingerprint density at radius 2 is 1.90 bits per heavy atom. The summed E-state index contributed by atoms with van der Waals surface area (Å²) in [4.78, 5) is 11.5. The van der Waals surface area contributed by atoms with Crippen LogP contribution in [0.4, 0.5) is 18.9 Å². The molecule has 0 radical (unpaired) electrons. The number of alkyl halides is 3. The molecule has 6 heteroatoms. The Bertz CT molecular complexity index is 458. The Labute approximate surface area is 116 Å². The minimum absolute atomic E-state index is 0.339. The summed E-state index contributed by atoms with van der Waals surface area (Å²) in [6.07, 6.45) is -4.40. The lowest BCUT2D eigenvalue weighted by molar-refractivity contribution is -0.138. The van der Waals surface area contributed by atoms with Gasteiger partial charge in [0.05, 0.1) is 0 Å². The molecular weight excluding hydrogens is 269 g/mol.